The summed E-state index contributed by atoms with van der Waals surface area (Å²) in [6.45, 7) is 8.07. The molecule has 0 aliphatic rings. The number of ether oxygens (including phenoxy) is 1. The SMILES string of the molecule is C=CCn1c(SCC(=O)Nc2cc([N+](=O)[O-])ccc2Cl)nnc1C(C)Oc1cccc(C)c1. The molecular weight excluding hydrogens is 466 g/mol. The van der Waals surface area contributed by atoms with E-state index in [9.17, 15) is 14.9 Å². The number of halogens is 1. The van der Waals surface area contributed by atoms with Crippen molar-refractivity contribution >= 4 is 40.6 Å². The first-order valence-electron chi connectivity index (χ1n) is 9.92. The molecule has 0 spiro atoms. The number of nitro benzene ring substituents is 1. The Labute approximate surface area is 200 Å². The number of aryl methyl sites for hydroxylation is 1. The highest BCUT2D eigenvalue weighted by atomic mass is 35.5. The van der Waals surface area contributed by atoms with E-state index in [-0.39, 0.29) is 34.2 Å². The third-order valence-electron chi connectivity index (χ3n) is 4.49. The van der Waals surface area contributed by atoms with Gasteiger partial charge < -0.3 is 10.1 Å². The fourth-order valence-corrected chi connectivity index (χ4v) is 3.91. The Morgan fingerprint density at radius 2 is 2.15 bits per heavy atom. The van der Waals surface area contributed by atoms with Crippen LogP contribution >= 0.6 is 23.4 Å². The first-order chi connectivity index (χ1) is 15.8. The summed E-state index contributed by atoms with van der Waals surface area (Å²) in [5.74, 6) is 0.932. The number of hydrogen-bond donors (Lipinski definition) is 1. The number of benzene rings is 2. The van der Waals surface area contributed by atoms with E-state index in [0.29, 0.717) is 17.5 Å². The lowest BCUT2D eigenvalue weighted by molar-refractivity contribution is -0.384. The van der Waals surface area contributed by atoms with Gasteiger partial charge in [0.05, 0.1) is 21.4 Å². The molecule has 2 aromatic carbocycles. The summed E-state index contributed by atoms with van der Waals surface area (Å²) >= 11 is 7.22. The van der Waals surface area contributed by atoms with Gasteiger partial charge >= 0.3 is 0 Å². The number of carbonyl (C=O) groups is 1. The molecule has 0 aliphatic carbocycles. The number of anilines is 1. The molecule has 0 aliphatic heterocycles. The maximum absolute atomic E-state index is 12.4. The molecule has 0 bridgehead atoms. The van der Waals surface area contributed by atoms with Gasteiger partial charge in [-0.05, 0) is 37.6 Å². The predicted octanol–water partition coefficient (Wildman–Crippen LogP) is 5.20. The number of nitrogens with one attached hydrogen (secondary N) is 1. The van der Waals surface area contributed by atoms with Crippen molar-refractivity contribution in [3.8, 4) is 5.75 Å². The molecule has 1 N–H and O–H groups in total. The molecule has 1 heterocycles. The highest BCUT2D eigenvalue weighted by Gasteiger charge is 2.20. The van der Waals surface area contributed by atoms with Crippen LogP contribution in [0.5, 0.6) is 5.75 Å². The van der Waals surface area contributed by atoms with Gasteiger partial charge in [0.2, 0.25) is 5.91 Å². The van der Waals surface area contributed by atoms with E-state index in [4.69, 9.17) is 16.3 Å². The number of aromatic nitrogens is 3. The van der Waals surface area contributed by atoms with Crippen molar-refractivity contribution in [3.63, 3.8) is 0 Å². The van der Waals surface area contributed by atoms with Crippen molar-refractivity contribution in [1.29, 1.82) is 0 Å². The quantitative estimate of drug-likeness (QED) is 0.181. The van der Waals surface area contributed by atoms with E-state index in [0.717, 1.165) is 11.3 Å². The molecule has 0 saturated carbocycles. The van der Waals surface area contributed by atoms with Crippen LogP contribution < -0.4 is 10.1 Å². The summed E-state index contributed by atoms with van der Waals surface area (Å²) in [5, 5.41) is 22.7. The highest BCUT2D eigenvalue weighted by molar-refractivity contribution is 7.99. The number of carbonyl (C=O) groups excluding carboxylic acids is 1. The maximum Gasteiger partial charge on any atom is 0.271 e. The van der Waals surface area contributed by atoms with Crippen LogP contribution in [0.2, 0.25) is 5.02 Å². The zero-order valence-electron chi connectivity index (χ0n) is 18.0. The first-order valence-corrected chi connectivity index (χ1v) is 11.3. The molecule has 172 valence electrons. The summed E-state index contributed by atoms with van der Waals surface area (Å²) in [7, 11) is 0. The Kier molecular flexibility index (Phi) is 8.07. The third kappa shape index (κ3) is 6.33. The molecule has 1 atom stereocenters. The second-order valence-electron chi connectivity index (χ2n) is 7.07. The Bertz CT molecular complexity index is 1180. The molecule has 1 unspecified atom stereocenters. The summed E-state index contributed by atoms with van der Waals surface area (Å²) in [4.78, 5) is 22.8. The molecule has 1 amide bonds. The molecule has 11 heteroatoms. The lowest BCUT2D eigenvalue weighted by Gasteiger charge is -2.16. The van der Waals surface area contributed by atoms with Gasteiger partial charge in [-0.25, -0.2) is 0 Å². The van der Waals surface area contributed by atoms with Crippen molar-refractivity contribution in [3.05, 3.63) is 81.6 Å². The molecule has 9 nitrogen and oxygen atoms in total. The fraction of sp³-hybridized carbons (Fsp3) is 0.227. The van der Waals surface area contributed by atoms with Crippen LogP contribution in [0, 0.1) is 17.0 Å². The summed E-state index contributed by atoms with van der Waals surface area (Å²) < 4.78 is 7.84. The number of hydrogen-bond acceptors (Lipinski definition) is 7. The maximum atomic E-state index is 12.4. The van der Waals surface area contributed by atoms with Crippen molar-refractivity contribution in [1.82, 2.24) is 14.8 Å². The summed E-state index contributed by atoms with van der Waals surface area (Å²) in [6.07, 6.45) is 1.32. The second-order valence-corrected chi connectivity index (χ2v) is 8.42. The van der Waals surface area contributed by atoms with Crippen LogP contribution in [0.4, 0.5) is 11.4 Å². The zero-order valence-corrected chi connectivity index (χ0v) is 19.6. The van der Waals surface area contributed by atoms with E-state index in [1.807, 2.05) is 42.7 Å². The number of allylic oxidation sites excluding steroid dienone is 1. The molecule has 0 fully saturated rings. The van der Waals surface area contributed by atoms with E-state index >= 15 is 0 Å². The topological polar surface area (TPSA) is 112 Å². The normalized spacial score (nSPS) is 11.6. The first kappa shape index (κ1) is 24.3. The average molecular weight is 488 g/mol. The third-order valence-corrected chi connectivity index (χ3v) is 5.79. The molecular formula is C22H22ClN5O4S. The van der Waals surface area contributed by atoms with Crippen LogP contribution in [0.15, 0.2) is 60.3 Å². The van der Waals surface area contributed by atoms with Gasteiger partial charge in [-0.2, -0.15) is 0 Å². The van der Waals surface area contributed by atoms with Crippen molar-refractivity contribution in [2.24, 2.45) is 0 Å². The van der Waals surface area contributed by atoms with Crippen LogP contribution in [-0.2, 0) is 11.3 Å². The predicted molar refractivity (Wildman–Crippen MR) is 128 cm³/mol. The summed E-state index contributed by atoms with van der Waals surface area (Å²) in [5.41, 5.74) is 1.09. The van der Waals surface area contributed by atoms with Gasteiger partial charge in [0.1, 0.15) is 5.75 Å². The smallest absolute Gasteiger partial charge is 0.271 e. The lowest BCUT2D eigenvalue weighted by Crippen LogP contribution is -2.16. The van der Waals surface area contributed by atoms with Gasteiger partial charge in [-0.15, -0.1) is 16.8 Å². The van der Waals surface area contributed by atoms with E-state index in [2.05, 4.69) is 22.1 Å². The van der Waals surface area contributed by atoms with Crippen molar-refractivity contribution in [2.75, 3.05) is 11.1 Å². The molecule has 3 rings (SSSR count). The van der Waals surface area contributed by atoms with Gasteiger partial charge in [-0.3, -0.25) is 19.5 Å². The standard InChI is InChI=1S/C22H22ClN5O4S/c1-4-10-27-21(15(3)32-17-7-5-6-14(2)11-17)25-26-22(27)33-13-20(29)24-19-12-16(28(30)31)8-9-18(19)23/h4-9,11-12,15H,1,10,13H2,2-3H3,(H,24,29). The van der Waals surface area contributed by atoms with Gasteiger partial charge in [0.15, 0.2) is 17.1 Å². The fourth-order valence-electron chi connectivity index (χ4n) is 2.99. The molecule has 1 aromatic heterocycles. The number of amides is 1. The minimum Gasteiger partial charge on any atom is -0.483 e. The Morgan fingerprint density at radius 3 is 2.85 bits per heavy atom. The van der Waals surface area contributed by atoms with Crippen LogP contribution in [0.1, 0.15) is 24.4 Å². The number of nitro groups is 1. The molecule has 0 radical (unpaired) electrons. The Morgan fingerprint density at radius 1 is 1.36 bits per heavy atom. The number of nitrogens with zero attached hydrogens (tertiary/aromatic N) is 4. The van der Waals surface area contributed by atoms with Crippen molar-refractivity contribution < 1.29 is 14.5 Å². The van der Waals surface area contributed by atoms with Crippen molar-refractivity contribution in [2.45, 2.75) is 31.7 Å². The Balaban J connectivity index is 1.69. The molecule has 0 saturated heterocycles. The number of rotatable bonds is 10. The minimum atomic E-state index is -0.556. The van der Waals surface area contributed by atoms with E-state index in [1.54, 1.807) is 6.08 Å². The lowest BCUT2D eigenvalue weighted by atomic mass is 10.2. The Hall–Kier alpha value is -3.37. The van der Waals surface area contributed by atoms with E-state index < -0.39 is 4.92 Å². The average Bonchev–Trinajstić information content (AvgIpc) is 3.16. The zero-order chi connectivity index (χ0) is 24.0. The largest absolute Gasteiger partial charge is 0.483 e. The second kappa shape index (κ2) is 11.0. The summed E-state index contributed by atoms with van der Waals surface area (Å²) in [6, 6.07) is 11.6. The monoisotopic (exact) mass is 487 g/mol. The molecule has 3 aromatic rings. The van der Waals surface area contributed by atoms with Crippen LogP contribution in [-0.4, -0.2) is 31.3 Å². The highest BCUT2D eigenvalue weighted by Crippen LogP contribution is 2.28. The van der Waals surface area contributed by atoms with Crippen LogP contribution in [0.3, 0.4) is 0 Å². The minimum absolute atomic E-state index is 0.00140. The number of thioether (sulfide) groups is 1. The number of non-ortho nitro benzene ring substituents is 1. The van der Waals surface area contributed by atoms with Gasteiger partial charge in [0.25, 0.3) is 5.69 Å². The van der Waals surface area contributed by atoms with E-state index in [1.165, 1.54) is 30.0 Å². The molecule has 33 heavy (non-hydrogen) atoms. The van der Waals surface area contributed by atoms with Gasteiger partial charge in [0, 0.05) is 18.7 Å². The van der Waals surface area contributed by atoms with Crippen LogP contribution in [0.25, 0.3) is 0 Å². The van der Waals surface area contributed by atoms with Gasteiger partial charge in [-0.1, -0.05) is 41.6 Å².